The number of hydrogen-bond acceptors (Lipinski definition) is 4. The molecule has 1 amide bonds. The predicted octanol–water partition coefficient (Wildman–Crippen LogP) is 3.41. The number of benzene rings is 1. The summed E-state index contributed by atoms with van der Waals surface area (Å²) >= 11 is 1.92. The molecule has 0 bridgehead atoms. The maximum absolute atomic E-state index is 12.7. The van der Waals surface area contributed by atoms with Crippen molar-refractivity contribution < 1.29 is 13.2 Å². The average Bonchev–Trinajstić information content (AvgIpc) is 2.63. The fraction of sp³-hybridized carbons (Fsp3) is 0.632. The first-order valence-corrected chi connectivity index (χ1v) is 12.3. The van der Waals surface area contributed by atoms with E-state index in [1.807, 2.05) is 24.8 Å². The number of carbonyl (C=O) groups is 1. The molecule has 0 saturated heterocycles. The van der Waals surface area contributed by atoms with Gasteiger partial charge in [-0.05, 0) is 31.4 Å². The van der Waals surface area contributed by atoms with E-state index in [9.17, 15) is 13.2 Å². The molecular weight excluding hydrogens is 368 g/mol. The summed E-state index contributed by atoms with van der Waals surface area (Å²) in [6.07, 6.45) is 8.06. The van der Waals surface area contributed by atoms with Crippen molar-refractivity contribution >= 4 is 33.4 Å². The van der Waals surface area contributed by atoms with E-state index in [0.717, 1.165) is 12.0 Å². The minimum absolute atomic E-state index is 0.231. The van der Waals surface area contributed by atoms with Crippen LogP contribution in [0.4, 0.5) is 5.69 Å². The first kappa shape index (κ1) is 21.1. The second-order valence-electron chi connectivity index (χ2n) is 6.74. The summed E-state index contributed by atoms with van der Waals surface area (Å²) in [4.78, 5) is 12.7. The van der Waals surface area contributed by atoms with Gasteiger partial charge in [-0.2, -0.15) is 11.8 Å². The Balaban J connectivity index is 1.94. The van der Waals surface area contributed by atoms with E-state index < -0.39 is 16.1 Å². The molecule has 1 aliphatic rings. The molecule has 1 N–H and O–H groups in total. The van der Waals surface area contributed by atoms with Crippen LogP contribution < -0.4 is 9.62 Å². The number of rotatable bonds is 9. The molecule has 1 fully saturated rings. The number of sulfonamides is 1. The molecule has 0 heterocycles. The van der Waals surface area contributed by atoms with Gasteiger partial charge in [0.05, 0.1) is 11.9 Å². The van der Waals surface area contributed by atoms with Gasteiger partial charge in [-0.1, -0.05) is 44.4 Å². The van der Waals surface area contributed by atoms with Crippen molar-refractivity contribution in [3.63, 3.8) is 0 Å². The van der Waals surface area contributed by atoms with Crippen LogP contribution in [0.25, 0.3) is 0 Å². The third-order valence-corrected chi connectivity index (χ3v) is 7.21. The number of nitrogens with zero attached hydrogens (tertiary/aromatic N) is 1. The number of thioether (sulfide) groups is 1. The fourth-order valence-corrected chi connectivity index (χ4v) is 5.82. The fourth-order valence-electron chi connectivity index (χ4n) is 3.38. The van der Waals surface area contributed by atoms with Crippen LogP contribution in [0.5, 0.6) is 0 Å². The van der Waals surface area contributed by atoms with Gasteiger partial charge in [-0.25, -0.2) is 8.42 Å². The SMILES string of the molecule is CC[C@H](C(=O)NCCSC1CCCCC1)N(c1ccccc1)S(C)(=O)=O. The Hall–Kier alpha value is -1.21. The Kier molecular flexibility index (Phi) is 8.28. The summed E-state index contributed by atoms with van der Waals surface area (Å²) in [5.41, 5.74) is 0.522. The summed E-state index contributed by atoms with van der Waals surface area (Å²) in [5.74, 6) is 0.642. The second-order valence-corrected chi connectivity index (χ2v) is 10.0. The molecule has 0 unspecified atom stereocenters. The second kappa shape index (κ2) is 10.2. The quantitative estimate of drug-likeness (QED) is 0.647. The molecule has 1 aromatic rings. The van der Waals surface area contributed by atoms with Crippen LogP contribution in [0.15, 0.2) is 30.3 Å². The van der Waals surface area contributed by atoms with Gasteiger partial charge in [0, 0.05) is 17.5 Å². The lowest BCUT2D eigenvalue weighted by atomic mass is 10.0. The van der Waals surface area contributed by atoms with Gasteiger partial charge in [-0.15, -0.1) is 0 Å². The highest BCUT2D eigenvalue weighted by molar-refractivity contribution is 7.99. The standard InChI is InChI=1S/C19H30N2O3S2/c1-3-18(21(26(2,23)24)16-10-6-4-7-11-16)19(22)20-14-15-25-17-12-8-5-9-13-17/h4,6-7,10-11,17-18H,3,5,8-9,12-15H2,1-2H3,(H,20,22)/t18-/m1/s1. The van der Waals surface area contributed by atoms with Crippen LogP contribution in [-0.4, -0.2) is 44.2 Å². The smallest absolute Gasteiger partial charge is 0.243 e. The van der Waals surface area contributed by atoms with Crippen LogP contribution >= 0.6 is 11.8 Å². The lowest BCUT2D eigenvalue weighted by molar-refractivity contribution is -0.122. The van der Waals surface area contributed by atoms with Crippen molar-refractivity contribution in [2.24, 2.45) is 0 Å². The molecule has 0 aliphatic heterocycles. The van der Waals surface area contributed by atoms with Crippen molar-refractivity contribution in [1.82, 2.24) is 5.32 Å². The predicted molar refractivity (Wildman–Crippen MR) is 110 cm³/mol. The molecule has 0 aromatic heterocycles. The molecule has 7 heteroatoms. The molecule has 1 aromatic carbocycles. The van der Waals surface area contributed by atoms with Crippen LogP contribution in [-0.2, 0) is 14.8 Å². The van der Waals surface area contributed by atoms with Gasteiger partial charge in [0.25, 0.3) is 0 Å². The van der Waals surface area contributed by atoms with Crippen LogP contribution in [0.1, 0.15) is 45.4 Å². The first-order valence-electron chi connectivity index (χ1n) is 9.37. The van der Waals surface area contributed by atoms with E-state index in [2.05, 4.69) is 5.32 Å². The van der Waals surface area contributed by atoms with E-state index in [-0.39, 0.29) is 5.91 Å². The summed E-state index contributed by atoms with van der Waals surface area (Å²) in [7, 11) is -3.55. The van der Waals surface area contributed by atoms with Gasteiger partial charge in [-0.3, -0.25) is 9.10 Å². The molecule has 146 valence electrons. The minimum atomic E-state index is -3.55. The van der Waals surface area contributed by atoms with Gasteiger partial charge in [0.15, 0.2) is 0 Å². The van der Waals surface area contributed by atoms with Crippen molar-refractivity contribution in [3.8, 4) is 0 Å². The Morgan fingerprint density at radius 1 is 1.23 bits per heavy atom. The summed E-state index contributed by atoms with van der Waals surface area (Å²) < 4.78 is 25.9. The number of nitrogens with one attached hydrogen (secondary N) is 1. The number of hydrogen-bond donors (Lipinski definition) is 1. The van der Waals surface area contributed by atoms with Gasteiger partial charge in [0.2, 0.25) is 15.9 Å². The molecule has 26 heavy (non-hydrogen) atoms. The van der Waals surface area contributed by atoms with Crippen molar-refractivity contribution in [2.75, 3.05) is 22.9 Å². The molecule has 0 spiro atoms. The van der Waals surface area contributed by atoms with E-state index in [4.69, 9.17) is 0 Å². The number of amides is 1. The first-order chi connectivity index (χ1) is 12.4. The molecule has 0 radical (unpaired) electrons. The van der Waals surface area contributed by atoms with E-state index >= 15 is 0 Å². The molecule has 2 rings (SSSR count). The lowest BCUT2D eigenvalue weighted by Crippen LogP contribution is -2.49. The summed E-state index contributed by atoms with van der Waals surface area (Å²) in [6.45, 7) is 2.41. The van der Waals surface area contributed by atoms with Crippen LogP contribution in [0.3, 0.4) is 0 Å². The summed E-state index contributed by atoms with van der Waals surface area (Å²) in [5, 5.41) is 3.64. The molecule has 5 nitrogen and oxygen atoms in total. The lowest BCUT2D eigenvalue weighted by Gasteiger charge is -2.30. The van der Waals surface area contributed by atoms with Crippen LogP contribution in [0.2, 0.25) is 0 Å². The minimum Gasteiger partial charge on any atom is -0.353 e. The zero-order valence-electron chi connectivity index (χ0n) is 15.7. The zero-order valence-corrected chi connectivity index (χ0v) is 17.3. The topological polar surface area (TPSA) is 66.5 Å². The van der Waals surface area contributed by atoms with Crippen molar-refractivity contribution in [1.29, 1.82) is 0 Å². The van der Waals surface area contributed by atoms with Crippen molar-refractivity contribution in [3.05, 3.63) is 30.3 Å². The maximum Gasteiger partial charge on any atom is 0.243 e. The molecule has 1 saturated carbocycles. The monoisotopic (exact) mass is 398 g/mol. The highest BCUT2D eigenvalue weighted by Crippen LogP contribution is 2.27. The average molecular weight is 399 g/mol. The Labute approximate surface area is 162 Å². The molecule has 1 aliphatic carbocycles. The van der Waals surface area contributed by atoms with E-state index in [0.29, 0.717) is 23.9 Å². The number of carbonyl (C=O) groups excluding carboxylic acids is 1. The van der Waals surface area contributed by atoms with E-state index in [1.54, 1.807) is 24.3 Å². The number of para-hydroxylation sites is 1. The summed E-state index contributed by atoms with van der Waals surface area (Å²) in [6, 6.07) is 8.09. The maximum atomic E-state index is 12.7. The molecule has 1 atom stereocenters. The third kappa shape index (κ3) is 6.20. The highest BCUT2D eigenvalue weighted by atomic mass is 32.2. The normalized spacial score (nSPS) is 16.8. The highest BCUT2D eigenvalue weighted by Gasteiger charge is 2.31. The largest absolute Gasteiger partial charge is 0.353 e. The zero-order chi connectivity index (χ0) is 19.0. The van der Waals surface area contributed by atoms with Crippen molar-refractivity contribution in [2.45, 2.75) is 56.7 Å². The Bertz CT molecular complexity index is 659. The molecular formula is C19H30N2O3S2. The Morgan fingerprint density at radius 3 is 2.46 bits per heavy atom. The van der Waals surface area contributed by atoms with Gasteiger partial charge < -0.3 is 5.32 Å². The Morgan fingerprint density at radius 2 is 1.88 bits per heavy atom. The third-order valence-electron chi connectivity index (χ3n) is 4.65. The van der Waals surface area contributed by atoms with Gasteiger partial charge >= 0.3 is 0 Å². The van der Waals surface area contributed by atoms with Crippen LogP contribution in [0, 0.1) is 0 Å². The number of anilines is 1. The van der Waals surface area contributed by atoms with E-state index in [1.165, 1.54) is 36.4 Å². The van der Waals surface area contributed by atoms with Gasteiger partial charge in [0.1, 0.15) is 6.04 Å².